The highest BCUT2D eigenvalue weighted by atomic mass is 32.2. The van der Waals surface area contributed by atoms with Crippen molar-refractivity contribution in [3.05, 3.63) is 29.8 Å². The van der Waals surface area contributed by atoms with Gasteiger partial charge in [-0.3, -0.25) is 14.5 Å². The molecule has 1 unspecified atom stereocenters. The number of hydrogen-bond donors (Lipinski definition) is 0. The van der Waals surface area contributed by atoms with Gasteiger partial charge in [0.2, 0.25) is 5.91 Å². The molecule has 0 N–H and O–H groups in total. The number of nitrogens with zero attached hydrogens (tertiary/aromatic N) is 2. The number of amidine groups is 1. The number of methoxy groups -OCH3 is 1. The lowest BCUT2D eigenvalue weighted by atomic mass is 9.96. The maximum atomic E-state index is 12.3. The van der Waals surface area contributed by atoms with Crippen molar-refractivity contribution in [2.75, 3.05) is 19.4 Å². The Morgan fingerprint density at radius 2 is 2.10 bits per heavy atom. The molecule has 1 aromatic rings. The maximum absolute atomic E-state index is 12.3. The van der Waals surface area contributed by atoms with Crippen LogP contribution in [0.25, 0.3) is 0 Å². The van der Waals surface area contributed by atoms with Gasteiger partial charge in [0.1, 0.15) is 11.7 Å². The number of amides is 2. The zero-order chi connectivity index (χ0) is 14.1. The van der Waals surface area contributed by atoms with E-state index in [-0.39, 0.29) is 11.8 Å². The highest BCUT2D eigenvalue weighted by molar-refractivity contribution is 8.14. The SMILES string of the molecule is COc1ccc(CC2C(=O)N=C3SCCN3C2=O)cc1. The van der Waals surface area contributed by atoms with Crippen LogP contribution in [-0.4, -0.2) is 41.3 Å². The van der Waals surface area contributed by atoms with Gasteiger partial charge in [0.05, 0.1) is 7.11 Å². The van der Waals surface area contributed by atoms with Gasteiger partial charge in [-0.05, 0) is 24.1 Å². The molecule has 2 heterocycles. The van der Waals surface area contributed by atoms with Crippen LogP contribution in [0.5, 0.6) is 5.75 Å². The summed E-state index contributed by atoms with van der Waals surface area (Å²) in [4.78, 5) is 30.0. The van der Waals surface area contributed by atoms with Crippen LogP contribution >= 0.6 is 11.8 Å². The van der Waals surface area contributed by atoms with Gasteiger partial charge in [0.25, 0.3) is 5.91 Å². The van der Waals surface area contributed by atoms with Crippen LogP contribution in [0.3, 0.4) is 0 Å². The molecule has 2 aliphatic rings. The first-order valence-electron chi connectivity index (χ1n) is 6.38. The highest BCUT2D eigenvalue weighted by Crippen LogP contribution is 2.27. The Kier molecular flexibility index (Phi) is 3.48. The minimum atomic E-state index is -0.689. The van der Waals surface area contributed by atoms with Crippen LogP contribution in [0.15, 0.2) is 29.3 Å². The van der Waals surface area contributed by atoms with E-state index >= 15 is 0 Å². The van der Waals surface area contributed by atoms with Crippen molar-refractivity contribution in [1.82, 2.24) is 4.90 Å². The Morgan fingerprint density at radius 3 is 2.80 bits per heavy atom. The molecule has 0 spiro atoms. The Balaban J connectivity index is 1.79. The fourth-order valence-electron chi connectivity index (χ4n) is 2.34. The molecule has 104 valence electrons. The van der Waals surface area contributed by atoms with Gasteiger partial charge in [0, 0.05) is 12.3 Å². The van der Waals surface area contributed by atoms with E-state index < -0.39 is 5.92 Å². The van der Waals surface area contributed by atoms with Gasteiger partial charge >= 0.3 is 0 Å². The number of fused-ring (bicyclic) bond motifs is 1. The molecule has 1 atom stereocenters. The minimum absolute atomic E-state index is 0.124. The first-order valence-corrected chi connectivity index (χ1v) is 7.37. The highest BCUT2D eigenvalue weighted by Gasteiger charge is 2.40. The molecule has 0 radical (unpaired) electrons. The number of carbonyl (C=O) groups excluding carboxylic acids is 2. The van der Waals surface area contributed by atoms with Crippen LogP contribution < -0.4 is 4.74 Å². The maximum Gasteiger partial charge on any atom is 0.261 e. The Morgan fingerprint density at radius 1 is 1.35 bits per heavy atom. The second-order valence-electron chi connectivity index (χ2n) is 4.68. The quantitative estimate of drug-likeness (QED) is 0.788. The molecule has 0 aliphatic carbocycles. The number of benzene rings is 1. The molecule has 20 heavy (non-hydrogen) atoms. The van der Waals surface area contributed by atoms with Crippen molar-refractivity contribution in [2.24, 2.45) is 10.9 Å². The Labute approximate surface area is 121 Å². The van der Waals surface area contributed by atoms with E-state index in [1.165, 1.54) is 11.8 Å². The largest absolute Gasteiger partial charge is 0.497 e. The molecule has 0 aromatic heterocycles. The van der Waals surface area contributed by atoms with Crippen molar-refractivity contribution in [2.45, 2.75) is 6.42 Å². The average molecular weight is 290 g/mol. The van der Waals surface area contributed by atoms with E-state index in [9.17, 15) is 9.59 Å². The van der Waals surface area contributed by atoms with Gasteiger partial charge < -0.3 is 4.74 Å². The van der Waals surface area contributed by atoms with Crippen molar-refractivity contribution in [3.63, 3.8) is 0 Å². The monoisotopic (exact) mass is 290 g/mol. The molecule has 1 saturated heterocycles. The Bertz CT molecular complexity index is 583. The zero-order valence-electron chi connectivity index (χ0n) is 11.0. The number of hydrogen-bond acceptors (Lipinski definition) is 4. The average Bonchev–Trinajstić information content (AvgIpc) is 2.92. The predicted molar refractivity (Wildman–Crippen MR) is 76.8 cm³/mol. The summed E-state index contributed by atoms with van der Waals surface area (Å²) in [6.45, 7) is 0.648. The molecule has 6 heteroatoms. The normalized spacial score (nSPS) is 21.8. The summed E-state index contributed by atoms with van der Waals surface area (Å²) in [5, 5.41) is 0.561. The standard InChI is InChI=1S/C14H14N2O3S/c1-19-10-4-2-9(3-5-10)8-11-12(17)15-14-16(13(11)18)6-7-20-14/h2-5,11H,6-8H2,1H3. The molecule has 0 saturated carbocycles. The van der Waals surface area contributed by atoms with E-state index in [0.717, 1.165) is 17.1 Å². The van der Waals surface area contributed by atoms with E-state index in [2.05, 4.69) is 4.99 Å². The molecule has 3 rings (SSSR count). The molecule has 1 aromatic carbocycles. The number of rotatable bonds is 3. The fourth-order valence-corrected chi connectivity index (χ4v) is 3.28. The Hall–Kier alpha value is -1.82. The van der Waals surface area contributed by atoms with Crippen LogP contribution in [0.2, 0.25) is 0 Å². The minimum Gasteiger partial charge on any atom is -0.497 e. The summed E-state index contributed by atoms with van der Waals surface area (Å²) in [6, 6.07) is 7.40. The predicted octanol–water partition coefficient (Wildman–Crippen LogP) is 1.33. The van der Waals surface area contributed by atoms with Crippen LogP contribution in [0.4, 0.5) is 0 Å². The summed E-state index contributed by atoms with van der Waals surface area (Å²) >= 11 is 1.46. The lowest BCUT2D eigenvalue weighted by Gasteiger charge is -2.25. The van der Waals surface area contributed by atoms with Gasteiger partial charge in [-0.15, -0.1) is 0 Å². The first-order chi connectivity index (χ1) is 9.69. The second-order valence-corrected chi connectivity index (χ2v) is 5.74. The van der Waals surface area contributed by atoms with Gasteiger partial charge in [0.15, 0.2) is 5.17 Å². The third-order valence-electron chi connectivity index (χ3n) is 3.44. The van der Waals surface area contributed by atoms with Crippen LogP contribution in [0.1, 0.15) is 5.56 Å². The third-order valence-corrected chi connectivity index (χ3v) is 4.40. The van der Waals surface area contributed by atoms with E-state index in [4.69, 9.17) is 4.74 Å². The number of aliphatic imine (C=N–C) groups is 1. The molecule has 5 nitrogen and oxygen atoms in total. The van der Waals surface area contributed by atoms with E-state index in [0.29, 0.717) is 18.1 Å². The van der Waals surface area contributed by atoms with Crippen molar-refractivity contribution >= 4 is 28.7 Å². The van der Waals surface area contributed by atoms with Crippen LogP contribution in [0, 0.1) is 5.92 Å². The topological polar surface area (TPSA) is 59.0 Å². The summed E-state index contributed by atoms with van der Waals surface area (Å²) < 4.78 is 5.09. The summed E-state index contributed by atoms with van der Waals surface area (Å²) in [6.07, 6.45) is 0.388. The molecule has 2 aliphatic heterocycles. The summed E-state index contributed by atoms with van der Waals surface area (Å²) in [5.41, 5.74) is 0.933. The first kappa shape index (κ1) is 13.2. The number of carbonyl (C=O) groups is 2. The van der Waals surface area contributed by atoms with Crippen molar-refractivity contribution in [3.8, 4) is 5.75 Å². The second kappa shape index (κ2) is 5.28. The van der Waals surface area contributed by atoms with Crippen molar-refractivity contribution in [1.29, 1.82) is 0 Å². The lowest BCUT2D eigenvalue weighted by molar-refractivity contribution is -0.138. The molecule has 1 fully saturated rings. The number of ether oxygens (including phenoxy) is 1. The molecule has 2 amide bonds. The molecule has 0 bridgehead atoms. The summed E-state index contributed by atoms with van der Waals surface area (Å²) in [7, 11) is 1.60. The van der Waals surface area contributed by atoms with Crippen molar-refractivity contribution < 1.29 is 14.3 Å². The molecular weight excluding hydrogens is 276 g/mol. The van der Waals surface area contributed by atoms with Gasteiger partial charge in [-0.1, -0.05) is 23.9 Å². The summed E-state index contributed by atoms with van der Waals surface area (Å²) in [5.74, 6) is 0.428. The smallest absolute Gasteiger partial charge is 0.261 e. The zero-order valence-corrected chi connectivity index (χ0v) is 11.9. The van der Waals surface area contributed by atoms with Gasteiger partial charge in [-0.25, -0.2) is 0 Å². The lowest BCUT2D eigenvalue weighted by Crippen LogP contribution is -2.44. The fraction of sp³-hybridized carbons (Fsp3) is 0.357. The van der Waals surface area contributed by atoms with E-state index in [1.807, 2.05) is 24.3 Å². The molecular formula is C14H14N2O3S. The van der Waals surface area contributed by atoms with E-state index in [1.54, 1.807) is 12.0 Å². The third kappa shape index (κ3) is 2.31. The van der Waals surface area contributed by atoms with Crippen LogP contribution in [-0.2, 0) is 16.0 Å². The van der Waals surface area contributed by atoms with Gasteiger partial charge in [-0.2, -0.15) is 4.99 Å². The number of thioether (sulfide) groups is 1.